The molecule has 6 N–H and O–H groups in total. The van der Waals surface area contributed by atoms with Gasteiger partial charge in [0.2, 0.25) is 0 Å². The van der Waals surface area contributed by atoms with Crippen molar-refractivity contribution in [2.75, 3.05) is 20.3 Å². The minimum atomic E-state index is -0.366. The molecule has 0 saturated heterocycles. The lowest BCUT2D eigenvalue weighted by Crippen LogP contribution is -2.35. The molecule has 0 heterocycles. The average Bonchev–Trinajstić information content (AvgIpc) is 2.47. The second-order valence-electron chi connectivity index (χ2n) is 3.96. The monoisotopic (exact) mass is 269 g/mol. The van der Waals surface area contributed by atoms with E-state index in [1.165, 1.54) is 7.11 Å². The van der Waals surface area contributed by atoms with Gasteiger partial charge in [0.25, 0.3) is 0 Å². The van der Waals surface area contributed by atoms with Gasteiger partial charge in [-0.2, -0.15) is 0 Å². The van der Waals surface area contributed by atoms with Gasteiger partial charge < -0.3 is 31.2 Å². The van der Waals surface area contributed by atoms with Crippen LogP contribution in [0.5, 0.6) is 5.75 Å². The number of methoxy groups -OCH3 is 1. The van der Waals surface area contributed by atoms with Crippen LogP contribution in [0, 0.1) is 0 Å². The van der Waals surface area contributed by atoms with Gasteiger partial charge in [-0.15, -0.1) is 0 Å². The molecule has 0 spiro atoms. The number of amidine groups is 1. The fraction of sp³-hybridized carbons (Fsp3) is 0.417. The largest absolute Gasteiger partial charge is 0.496 e. The lowest BCUT2D eigenvalue weighted by atomic mass is 10.1. The molecule has 0 amide bonds. The molecule has 1 aromatic carbocycles. The first-order valence-electron chi connectivity index (χ1n) is 5.76. The number of rotatable bonds is 7. The summed E-state index contributed by atoms with van der Waals surface area (Å²) in [4.78, 5) is 0. The third-order valence-electron chi connectivity index (χ3n) is 2.69. The van der Waals surface area contributed by atoms with E-state index in [0.717, 1.165) is 5.56 Å². The molecule has 106 valence electrons. The molecule has 0 aliphatic carbocycles. The number of ether oxygens (including phenoxy) is 1. The van der Waals surface area contributed by atoms with Crippen LogP contribution in [0.4, 0.5) is 0 Å². The molecule has 7 nitrogen and oxygen atoms in total. The average molecular weight is 269 g/mol. The van der Waals surface area contributed by atoms with Gasteiger partial charge in [-0.25, -0.2) is 0 Å². The van der Waals surface area contributed by atoms with Crippen molar-refractivity contribution in [1.82, 2.24) is 5.32 Å². The van der Waals surface area contributed by atoms with Crippen LogP contribution >= 0.6 is 0 Å². The molecular formula is C12H19N3O4. The predicted octanol–water partition coefficient (Wildman–Crippen LogP) is -0.767. The van der Waals surface area contributed by atoms with E-state index in [0.29, 0.717) is 17.9 Å². The van der Waals surface area contributed by atoms with E-state index >= 15 is 0 Å². The second kappa shape index (κ2) is 7.57. The van der Waals surface area contributed by atoms with E-state index in [9.17, 15) is 0 Å². The van der Waals surface area contributed by atoms with Crippen molar-refractivity contribution in [2.45, 2.75) is 12.6 Å². The number of nitrogens with two attached hydrogens (primary N) is 1. The molecule has 0 saturated carbocycles. The minimum absolute atomic E-state index is 0.0278. The van der Waals surface area contributed by atoms with E-state index in [1.54, 1.807) is 18.2 Å². The Morgan fingerprint density at radius 3 is 2.63 bits per heavy atom. The van der Waals surface area contributed by atoms with Crippen molar-refractivity contribution in [3.8, 4) is 5.75 Å². The second-order valence-corrected chi connectivity index (χ2v) is 3.96. The number of nitrogens with zero attached hydrogens (tertiary/aromatic N) is 1. The van der Waals surface area contributed by atoms with Crippen LogP contribution in [0.1, 0.15) is 11.1 Å². The SMILES string of the molecule is COc1cc(CNC(CO)CO)ccc1/C(N)=N/O. The Morgan fingerprint density at radius 1 is 1.42 bits per heavy atom. The third-order valence-corrected chi connectivity index (χ3v) is 2.69. The molecule has 0 aromatic heterocycles. The first-order valence-corrected chi connectivity index (χ1v) is 5.76. The van der Waals surface area contributed by atoms with Crippen LogP contribution < -0.4 is 15.8 Å². The van der Waals surface area contributed by atoms with Gasteiger partial charge in [-0.05, 0) is 17.7 Å². The maximum absolute atomic E-state index is 8.95. The van der Waals surface area contributed by atoms with Crippen LogP contribution in [0.15, 0.2) is 23.4 Å². The van der Waals surface area contributed by atoms with Gasteiger partial charge in [0.1, 0.15) is 5.75 Å². The Hall–Kier alpha value is -1.83. The van der Waals surface area contributed by atoms with Gasteiger partial charge in [0.15, 0.2) is 5.84 Å². The van der Waals surface area contributed by atoms with Crippen LogP contribution in [-0.2, 0) is 6.54 Å². The summed E-state index contributed by atoms with van der Waals surface area (Å²) in [5.74, 6) is 0.457. The zero-order chi connectivity index (χ0) is 14.3. The van der Waals surface area contributed by atoms with E-state index < -0.39 is 0 Å². The Balaban J connectivity index is 2.82. The molecule has 0 atom stereocenters. The van der Waals surface area contributed by atoms with E-state index in [4.69, 9.17) is 25.9 Å². The zero-order valence-electron chi connectivity index (χ0n) is 10.7. The van der Waals surface area contributed by atoms with Gasteiger partial charge in [0.05, 0.1) is 31.9 Å². The Kier molecular flexibility index (Phi) is 6.07. The summed E-state index contributed by atoms with van der Waals surface area (Å²) in [7, 11) is 1.49. The van der Waals surface area contributed by atoms with Crippen LogP contribution in [0.2, 0.25) is 0 Å². The molecule has 0 bridgehead atoms. The van der Waals surface area contributed by atoms with Crippen molar-refractivity contribution in [3.05, 3.63) is 29.3 Å². The number of hydrogen-bond donors (Lipinski definition) is 5. The van der Waals surface area contributed by atoms with E-state index in [2.05, 4.69) is 10.5 Å². The maximum atomic E-state index is 8.95. The molecule has 1 rings (SSSR count). The van der Waals surface area contributed by atoms with Crippen molar-refractivity contribution < 1.29 is 20.2 Å². The zero-order valence-corrected chi connectivity index (χ0v) is 10.7. The standard InChI is InChI=1S/C12H19N3O4/c1-19-11-4-8(5-14-9(6-16)7-17)2-3-10(11)12(13)15-18/h2-4,9,14,16-18H,5-7H2,1H3,(H2,13,15). The summed E-state index contributed by atoms with van der Waals surface area (Å²) in [6.07, 6.45) is 0. The van der Waals surface area contributed by atoms with Gasteiger partial charge in [0, 0.05) is 6.54 Å². The first-order chi connectivity index (χ1) is 9.15. The van der Waals surface area contributed by atoms with Crippen LogP contribution in [-0.4, -0.2) is 47.6 Å². The molecular weight excluding hydrogens is 250 g/mol. The van der Waals surface area contributed by atoms with Crippen molar-refractivity contribution in [2.24, 2.45) is 10.9 Å². The normalized spacial score (nSPS) is 11.9. The smallest absolute Gasteiger partial charge is 0.173 e. The number of aliphatic hydroxyl groups is 2. The quantitative estimate of drug-likeness (QED) is 0.192. The topological polar surface area (TPSA) is 120 Å². The fourth-order valence-corrected chi connectivity index (χ4v) is 1.56. The molecule has 0 unspecified atom stereocenters. The number of oxime groups is 1. The lowest BCUT2D eigenvalue weighted by Gasteiger charge is -2.14. The number of benzene rings is 1. The highest BCUT2D eigenvalue weighted by atomic mass is 16.5. The third kappa shape index (κ3) is 4.09. The number of hydrogen-bond acceptors (Lipinski definition) is 6. The molecule has 0 radical (unpaired) electrons. The lowest BCUT2D eigenvalue weighted by molar-refractivity contribution is 0.170. The fourth-order valence-electron chi connectivity index (χ4n) is 1.56. The summed E-state index contributed by atoms with van der Waals surface area (Å²) in [6.45, 7) is 0.171. The predicted molar refractivity (Wildman–Crippen MR) is 70.3 cm³/mol. The van der Waals surface area contributed by atoms with Crippen molar-refractivity contribution >= 4 is 5.84 Å². The highest BCUT2D eigenvalue weighted by molar-refractivity contribution is 5.99. The Bertz CT molecular complexity index is 433. The van der Waals surface area contributed by atoms with Gasteiger partial charge >= 0.3 is 0 Å². The Labute approximate surface area is 111 Å². The highest BCUT2D eigenvalue weighted by Crippen LogP contribution is 2.20. The van der Waals surface area contributed by atoms with Crippen molar-refractivity contribution in [3.63, 3.8) is 0 Å². The molecule has 0 aliphatic heterocycles. The van der Waals surface area contributed by atoms with Crippen LogP contribution in [0.3, 0.4) is 0 Å². The van der Waals surface area contributed by atoms with E-state index in [1.807, 2.05) is 0 Å². The maximum Gasteiger partial charge on any atom is 0.173 e. The molecule has 19 heavy (non-hydrogen) atoms. The van der Waals surface area contributed by atoms with E-state index in [-0.39, 0.29) is 25.1 Å². The minimum Gasteiger partial charge on any atom is -0.496 e. The van der Waals surface area contributed by atoms with Crippen LogP contribution in [0.25, 0.3) is 0 Å². The van der Waals surface area contributed by atoms with Gasteiger partial charge in [-0.1, -0.05) is 11.2 Å². The molecule has 0 aliphatic rings. The summed E-state index contributed by atoms with van der Waals surface area (Å²) in [6, 6.07) is 4.84. The molecule has 0 fully saturated rings. The van der Waals surface area contributed by atoms with Gasteiger partial charge in [-0.3, -0.25) is 0 Å². The molecule has 1 aromatic rings. The number of nitrogens with one attached hydrogen (secondary N) is 1. The summed E-state index contributed by atoms with van der Waals surface area (Å²) in [5, 5.41) is 32.5. The Morgan fingerprint density at radius 2 is 2.11 bits per heavy atom. The highest BCUT2D eigenvalue weighted by Gasteiger charge is 2.10. The summed E-state index contributed by atoms with van der Waals surface area (Å²) in [5.41, 5.74) is 6.91. The summed E-state index contributed by atoms with van der Waals surface area (Å²) < 4.78 is 5.17. The molecule has 7 heteroatoms. The number of aliphatic hydroxyl groups excluding tert-OH is 2. The first kappa shape index (κ1) is 15.2. The summed E-state index contributed by atoms with van der Waals surface area (Å²) >= 11 is 0. The van der Waals surface area contributed by atoms with Crippen molar-refractivity contribution in [1.29, 1.82) is 0 Å².